The summed E-state index contributed by atoms with van der Waals surface area (Å²) in [7, 11) is 24.1. The molecule has 0 amide bonds. The predicted octanol–water partition coefficient (Wildman–Crippen LogP) is -1.45. The summed E-state index contributed by atoms with van der Waals surface area (Å²) in [5.41, 5.74) is 0. The summed E-state index contributed by atoms with van der Waals surface area (Å²) in [6, 6.07) is 0. The molecule has 0 aromatic rings. The quantitative estimate of drug-likeness (QED) is 0.0789. The predicted molar refractivity (Wildman–Crippen MR) is 243 cm³/mol. The molecule has 72 heavy (non-hydrogen) atoms. The van der Waals surface area contributed by atoms with E-state index in [2.05, 4.69) is 0 Å². The van der Waals surface area contributed by atoms with Crippen LogP contribution >= 0.6 is 0 Å². The van der Waals surface area contributed by atoms with E-state index in [0.29, 0.717) is 0 Å². The second-order valence-corrected chi connectivity index (χ2v) is 17.9. The SMILES string of the molecule is COC[C@@H]1O[C@](CO[C@H]2O[C@H](COC)[C@@H](OC)[C@H](OC)[C@H]2OC)(OC[C@]2(OC[C@]3(OC[C@@]4(O)O[C@@H](COC)[C@H](OC)[C@H]4OC)O[C@H](COC)[C@@H](OC)[C@@H]3OC)O[C@H](COC)[C@@H](OC)[C@@H]2OC)[C@H](OC)[C@H]1OC. The lowest BCUT2D eigenvalue weighted by Gasteiger charge is -2.46. The smallest absolute Gasteiger partial charge is 0.222 e. The second-order valence-electron chi connectivity index (χ2n) is 17.9. The van der Waals surface area contributed by atoms with Crippen LogP contribution in [0.1, 0.15) is 0 Å². The van der Waals surface area contributed by atoms with Crippen LogP contribution in [0.5, 0.6) is 0 Å². The minimum atomic E-state index is -2.11. The van der Waals surface area contributed by atoms with Crippen molar-refractivity contribution in [1.82, 2.24) is 0 Å². The largest absolute Gasteiger partial charge is 0.382 e. The number of methoxy groups -OCH3 is 16. The fourth-order valence-electron chi connectivity index (χ4n) is 10.8. The zero-order valence-electron chi connectivity index (χ0n) is 44.8. The van der Waals surface area contributed by atoms with Crippen LogP contribution in [0.2, 0.25) is 0 Å². The maximum Gasteiger partial charge on any atom is 0.222 e. The molecule has 5 heterocycles. The third-order valence-corrected chi connectivity index (χ3v) is 14.0. The summed E-state index contributed by atoms with van der Waals surface area (Å²) in [6.07, 6.45) is -14.2. The molecule has 5 aliphatic rings. The Labute approximate surface area is 423 Å². The molecular weight excluding hydrogens is 968 g/mol. The Morgan fingerprint density at radius 2 is 0.639 bits per heavy atom. The summed E-state index contributed by atoms with van der Waals surface area (Å²) in [4.78, 5) is 0. The van der Waals surface area contributed by atoms with Crippen molar-refractivity contribution in [3.05, 3.63) is 0 Å². The molecule has 5 saturated heterocycles. The molecule has 0 aromatic carbocycles. The van der Waals surface area contributed by atoms with Gasteiger partial charge in [0.2, 0.25) is 23.1 Å². The maximum absolute atomic E-state index is 12.2. The third-order valence-electron chi connectivity index (χ3n) is 14.0. The zero-order chi connectivity index (χ0) is 52.9. The lowest BCUT2D eigenvalue weighted by Crippen LogP contribution is -2.63. The van der Waals surface area contributed by atoms with Gasteiger partial charge in [-0.2, -0.15) is 0 Å². The number of ether oxygens (including phenoxy) is 25. The molecule has 5 rings (SSSR count). The molecular formula is C46H84O26. The summed E-state index contributed by atoms with van der Waals surface area (Å²) < 4.78 is 154. The van der Waals surface area contributed by atoms with Gasteiger partial charge < -0.3 is 124 Å². The molecule has 0 aliphatic carbocycles. The van der Waals surface area contributed by atoms with Crippen molar-refractivity contribution in [1.29, 1.82) is 0 Å². The van der Waals surface area contributed by atoms with E-state index in [-0.39, 0.29) is 39.6 Å². The van der Waals surface area contributed by atoms with Crippen LogP contribution in [0.4, 0.5) is 0 Å². The summed E-state index contributed by atoms with van der Waals surface area (Å²) >= 11 is 0. The highest BCUT2D eigenvalue weighted by molar-refractivity contribution is 5.06. The van der Waals surface area contributed by atoms with Crippen LogP contribution in [-0.4, -0.2) is 305 Å². The van der Waals surface area contributed by atoms with E-state index in [9.17, 15) is 5.11 Å². The van der Waals surface area contributed by atoms with E-state index in [1.165, 1.54) is 92.4 Å². The molecule has 26 heteroatoms. The number of hydrogen-bond donors (Lipinski definition) is 1. The van der Waals surface area contributed by atoms with Crippen LogP contribution in [0, 0.1) is 0 Å². The number of rotatable bonds is 33. The fourth-order valence-corrected chi connectivity index (χ4v) is 10.8. The van der Waals surface area contributed by atoms with Gasteiger partial charge in [-0.3, -0.25) is 0 Å². The van der Waals surface area contributed by atoms with Crippen LogP contribution in [0.3, 0.4) is 0 Å². The van der Waals surface area contributed by atoms with Crippen molar-refractivity contribution in [2.45, 2.75) is 127 Å². The van der Waals surface area contributed by atoms with Gasteiger partial charge in [-0.1, -0.05) is 0 Å². The molecule has 5 fully saturated rings. The van der Waals surface area contributed by atoms with E-state index in [1.54, 1.807) is 21.3 Å². The molecule has 26 nitrogen and oxygen atoms in total. The van der Waals surface area contributed by atoms with Crippen LogP contribution in [-0.2, 0) is 118 Å². The zero-order valence-corrected chi connectivity index (χ0v) is 44.8. The normalized spacial score (nSPS) is 43.4. The van der Waals surface area contributed by atoms with Gasteiger partial charge in [-0.25, -0.2) is 0 Å². The van der Waals surface area contributed by atoms with Crippen molar-refractivity contribution >= 4 is 0 Å². The Hall–Kier alpha value is -1.04. The average Bonchev–Trinajstić information content (AvgIpc) is 4.06. The summed E-state index contributed by atoms with van der Waals surface area (Å²) in [5.74, 6) is -7.82. The highest BCUT2D eigenvalue weighted by Crippen LogP contribution is 2.46. The summed E-state index contributed by atoms with van der Waals surface area (Å²) in [5, 5.41) is 12.2. The van der Waals surface area contributed by atoms with Crippen molar-refractivity contribution in [2.75, 3.05) is 173 Å². The first-order valence-corrected chi connectivity index (χ1v) is 23.6. The fraction of sp³-hybridized carbons (Fsp3) is 1.00. The first-order valence-electron chi connectivity index (χ1n) is 23.6. The standard InChI is InChI=1S/C46H84O26/c1-48-17-26-31(53-6)36(58-11)37(59-12)42(68-26)64-23-44(39(61-14)33(55-8)28(70-44)19-50-3)66-25-46(41(63-16)35(57-10)30(72-46)21-52-5)67-24-45(40(62-15)34(56-9)29(71-45)20-51-4)65-22-43(47)38(60-13)32(54-7)27(69-43)18-49-2/h26-42,47H,17-25H2,1-16H3/t26-,27+,28+,29-,30-,31-,32+,33+,34-,35-,36+,37-,38-,39-,40+,41+,42+,43-,44+,45+,46+/m1/s1. The Morgan fingerprint density at radius 1 is 0.319 bits per heavy atom. The van der Waals surface area contributed by atoms with Gasteiger partial charge in [0.15, 0.2) is 6.29 Å². The monoisotopic (exact) mass is 1050 g/mol. The van der Waals surface area contributed by atoms with Gasteiger partial charge in [0.1, 0.15) is 124 Å². The molecule has 0 radical (unpaired) electrons. The van der Waals surface area contributed by atoms with E-state index in [1.807, 2.05) is 0 Å². The van der Waals surface area contributed by atoms with E-state index in [0.717, 1.165) is 0 Å². The Bertz CT molecular complexity index is 1540. The van der Waals surface area contributed by atoms with Gasteiger partial charge >= 0.3 is 0 Å². The molecule has 0 aromatic heterocycles. The molecule has 0 saturated carbocycles. The van der Waals surface area contributed by atoms with Crippen molar-refractivity contribution in [2.24, 2.45) is 0 Å². The average molecular weight is 1050 g/mol. The minimum absolute atomic E-state index is 0.0341. The molecule has 0 bridgehead atoms. The first-order chi connectivity index (χ1) is 34.7. The minimum Gasteiger partial charge on any atom is -0.382 e. The highest BCUT2D eigenvalue weighted by Gasteiger charge is 2.66. The molecule has 0 unspecified atom stereocenters. The van der Waals surface area contributed by atoms with Gasteiger partial charge in [-0.05, 0) is 0 Å². The topological polar surface area (TPSA) is 251 Å². The summed E-state index contributed by atoms with van der Waals surface area (Å²) in [6.45, 7) is -1.57. The van der Waals surface area contributed by atoms with Gasteiger partial charge in [0.25, 0.3) is 0 Å². The van der Waals surface area contributed by atoms with Gasteiger partial charge in [0.05, 0.1) is 33.0 Å². The molecule has 1 N–H and O–H groups in total. The van der Waals surface area contributed by atoms with E-state index in [4.69, 9.17) is 118 Å². The van der Waals surface area contributed by atoms with Gasteiger partial charge in [0, 0.05) is 114 Å². The lowest BCUT2D eigenvalue weighted by molar-refractivity contribution is -0.384. The maximum atomic E-state index is 12.2. The molecule has 21 atom stereocenters. The Balaban J connectivity index is 1.60. The lowest BCUT2D eigenvalue weighted by atomic mass is 9.98. The molecule has 5 aliphatic heterocycles. The number of hydrogen-bond acceptors (Lipinski definition) is 26. The van der Waals surface area contributed by atoms with Crippen molar-refractivity contribution < 1.29 is 124 Å². The Morgan fingerprint density at radius 3 is 0.986 bits per heavy atom. The van der Waals surface area contributed by atoms with Crippen molar-refractivity contribution in [3.8, 4) is 0 Å². The first kappa shape index (κ1) is 61.8. The van der Waals surface area contributed by atoms with E-state index < -0.39 is 147 Å². The molecule has 0 spiro atoms. The highest BCUT2D eigenvalue weighted by atomic mass is 16.8. The second kappa shape index (κ2) is 28.5. The van der Waals surface area contributed by atoms with Crippen LogP contribution in [0.15, 0.2) is 0 Å². The van der Waals surface area contributed by atoms with Gasteiger partial charge in [-0.15, -0.1) is 0 Å². The van der Waals surface area contributed by atoms with Crippen LogP contribution < -0.4 is 0 Å². The number of aliphatic hydroxyl groups is 1. The van der Waals surface area contributed by atoms with E-state index >= 15 is 0 Å². The van der Waals surface area contributed by atoms with Crippen LogP contribution in [0.25, 0.3) is 0 Å². The molecule has 424 valence electrons. The Kier molecular flexibility index (Phi) is 24.5. The third kappa shape index (κ3) is 12.6. The van der Waals surface area contributed by atoms with Crippen molar-refractivity contribution in [3.63, 3.8) is 0 Å².